The second-order valence-corrected chi connectivity index (χ2v) is 5.25. The number of benzene rings is 2. The molecule has 1 heterocycles. The first-order chi connectivity index (χ1) is 11.5. The van der Waals surface area contributed by atoms with Gasteiger partial charge >= 0.3 is 0 Å². The smallest absolute Gasteiger partial charge is 0.299 e. The van der Waals surface area contributed by atoms with Crippen LogP contribution in [0.15, 0.2) is 63.6 Å². The van der Waals surface area contributed by atoms with Gasteiger partial charge in [0.25, 0.3) is 5.56 Å². The van der Waals surface area contributed by atoms with Crippen LogP contribution in [-0.4, -0.2) is 19.6 Å². The number of phenolic OH excluding ortho intramolecular Hbond substituents is 2. The van der Waals surface area contributed by atoms with E-state index in [2.05, 4.69) is 10.2 Å². The molecule has 2 N–H and O–H groups in total. The monoisotopic (exact) mass is 324 g/mol. The first kappa shape index (κ1) is 15.5. The second-order valence-electron chi connectivity index (χ2n) is 5.25. The molecule has 0 spiro atoms. The Kier molecular flexibility index (Phi) is 3.91. The number of azo groups is 1. The van der Waals surface area contributed by atoms with E-state index in [9.17, 15) is 15.0 Å². The Morgan fingerprint density at radius 3 is 2.08 bits per heavy atom. The van der Waals surface area contributed by atoms with Gasteiger partial charge in [-0.3, -0.25) is 9.48 Å². The fourth-order valence-corrected chi connectivity index (χ4v) is 2.39. The summed E-state index contributed by atoms with van der Waals surface area (Å²) in [6, 6.07) is 13.4. The third-order valence-corrected chi connectivity index (χ3v) is 3.77. The zero-order valence-corrected chi connectivity index (χ0v) is 13.2. The van der Waals surface area contributed by atoms with Crippen LogP contribution in [-0.2, 0) is 7.05 Å². The Balaban J connectivity index is 2.11. The number of aromatic hydroxyl groups is 2. The molecule has 0 fully saturated rings. The van der Waals surface area contributed by atoms with Gasteiger partial charge in [-0.2, -0.15) is 0 Å². The molecular weight excluding hydrogens is 308 g/mol. The molecule has 7 heteroatoms. The van der Waals surface area contributed by atoms with E-state index in [0.717, 1.165) is 0 Å². The molecule has 3 aromatic rings. The number of aromatic nitrogens is 2. The van der Waals surface area contributed by atoms with Gasteiger partial charge in [-0.1, -0.05) is 24.3 Å². The van der Waals surface area contributed by atoms with Crippen LogP contribution < -0.4 is 5.56 Å². The Morgan fingerprint density at radius 1 is 0.875 bits per heavy atom. The predicted octanol–water partition coefficient (Wildman–Crippen LogP) is 3.31. The molecule has 7 nitrogen and oxygen atoms in total. The number of hydrogen-bond donors (Lipinski definition) is 2. The highest BCUT2D eigenvalue weighted by molar-refractivity contribution is 5.60. The minimum atomic E-state index is -0.333. The first-order valence-electron chi connectivity index (χ1n) is 7.27. The molecule has 0 unspecified atom stereocenters. The standard InChI is InChI=1S/C17H16N4O3/c1-11-15(18-19-16-13(22)9-6-10-14(16)23)17(24)21(20(11)2)12-7-4-3-5-8-12/h3-10,22-23H,1-2H3. The molecule has 0 aliphatic rings. The van der Waals surface area contributed by atoms with Gasteiger partial charge in [0, 0.05) is 7.05 Å². The van der Waals surface area contributed by atoms with E-state index in [1.165, 1.54) is 22.9 Å². The van der Waals surface area contributed by atoms with E-state index in [1.807, 2.05) is 30.3 Å². The molecule has 1 aromatic heterocycles. The summed E-state index contributed by atoms with van der Waals surface area (Å²) >= 11 is 0. The first-order valence-corrected chi connectivity index (χ1v) is 7.27. The van der Waals surface area contributed by atoms with Crippen molar-refractivity contribution in [2.24, 2.45) is 17.3 Å². The maximum atomic E-state index is 12.7. The van der Waals surface area contributed by atoms with Crippen molar-refractivity contribution in [3.63, 3.8) is 0 Å². The highest BCUT2D eigenvalue weighted by Crippen LogP contribution is 2.36. The van der Waals surface area contributed by atoms with Crippen molar-refractivity contribution in [2.75, 3.05) is 0 Å². The summed E-state index contributed by atoms with van der Waals surface area (Å²) < 4.78 is 3.16. The Labute approximate surface area is 137 Å². The van der Waals surface area contributed by atoms with Gasteiger partial charge in [0.15, 0.2) is 11.4 Å². The average Bonchev–Trinajstić information content (AvgIpc) is 2.78. The van der Waals surface area contributed by atoms with Crippen LogP contribution in [0.4, 0.5) is 11.4 Å². The molecule has 24 heavy (non-hydrogen) atoms. The summed E-state index contributed by atoms with van der Waals surface area (Å²) in [6.07, 6.45) is 0. The van der Waals surface area contributed by atoms with Crippen LogP contribution in [0.2, 0.25) is 0 Å². The number of phenols is 2. The van der Waals surface area contributed by atoms with Crippen molar-refractivity contribution in [1.29, 1.82) is 0 Å². The van der Waals surface area contributed by atoms with E-state index in [-0.39, 0.29) is 28.4 Å². The largest absolute Gasteiger partial charge is 0.505 e. The summed E-state index contributed by atoms with van der Waals surface area (Å²) in [7, 11) is 1.75. The third kappa shape index (κ3) is 2.56. The van der Waals surface area contributed by atoms with Crippen molar-refractivity contribution in [1.82, 2.24) is 9.36 Å². The average molecular weight is 324 g/mol. The van der Waals surface area contributed by atoms with E-state index in [4.69, 9.17) is 0 Å². The van der Waals surface area contributed by atoms with Gasteiger partial charge in [-0.25, -0.2) is 4.68 Å². The topological polar surface area (TPSA) is 92.1 Å². The van der Waals surface area contributed by atoms with Crippen LogP contribution in [0.1, 0.15) is 5.69 Å². The highest BCUT2D eigenvalue weighted by atomic mass is 16.3. The van der Waals surface area contributed by atoms with E-state index in [0.29, 0.717) is 11.4 Å². The maximum absolute atomic E-state index is 12.7. The van der Waals surface area contributed by atoms with Gasteiger partial charge < -0.3 is 10.2 Å². The maximum Gasteiger partial charge on any atom is 0.299 e. The molecule has 0 radical (unpaired) electrons. The normalized spacial score (nSPS) is 11.2. The number of hydrogen-bond acceptors (Lipinski definition) is 5. The van der Waals surface area contributed by atoms with Crippen molar-refractivity contribution in [3.8, 4) is 17.2 Å². The van der Waals surface area contributed by atoms with Crippen molar-refractivity contribution >= 4 is 11.4 Å². The van der Waals surface area contributed by atoms with Crippen LogP contribution >= 0.6 is 0 Å². The molecule has 0 amide bonds. The zero-order chi connectivity index (χ0) is 17.3. The van der Waals surface area contributed by atoms with Crippen molar-refractivity contribution < 1.29 is 10.2 Å². The van der Waals surface area contributed by atoms with E-state index < -0.39 is 0 Å². The SMILES string of the molecule is Cc1c(N=Nc2c(O)cccc2O)c(=O)n(-c2ccccc2)n1C. The van der Waals surface area contributed by atoms with E-state index in [1.54, 1.807) is 18.7 Å². The van der Waals surface area contributed by atoms with Crippen molar-refractivity contribution in [2.45, 2.75) is 6.92 Å². The molecule has 0 atom stereocenters. The Bertz CT molecular complexity index is 951. The molecule has 0 bridgehead atoms. The Morgan fingerprint density at radius 2 is 1.46 bits per heavy atom. The van der Waals surface area contributed by atoms with Crippen LogP contribution in [0.3, 0.4) is 0 Å². The number of rotatable bonds is 3. The summed E-state index contributed by atoms with van der Waals surface area (Å²) in [5.41, 5.74) is 1.05. The fourth-order valence-electron chi connectivity index (χ4n) is 2.39. The number of nitrogens with zero attached hydrogens (tertiary/aromatic N) is 4. The molecule has 122 valence electrons. The molecule has 0 aliphatic heterocycles. The lowest BCUT2D eigenvalue weighted by molar-refractivity contribution is 0.452. The lowest BCUT2D eigenvalue weighted by atomic mass is 10.3. The van der Waals surface area contributed by atoms with E-state index >= 15 is 0 Å². The van der Waals surface area contributed by atoms with Gasteiger partial charge in [-0.05, 0) is 31.2 Å². The van der Waals surface area contributed by atoms with Crippen LogP contribution in [0.5, 0.6) is 11.5 Å². The minimum Gasteiger partial charge on any atom is -0.505 e. The summed E-state index contributed by atoms with van der Waals surface area (Å²) in [5, 5.41) is 27.3. The predicted molar refractivity (Wildman–Crippen MR) is 89.7 cm³/mol. The van der Waals surface area contributed by atoms with Gasteiger partial charge in [-0.15, -0.1) is 10.2 Å². The second kappa shape index (κ2) is 6.04. The lowest BCUT2D eigenvalue weighted by Crippen LogP contribution is -2.19. The Hall–Kier alpha value is -3.35. The van der Waals surface area contributed by atoms with Crippen molar-refractivity contribution in [3.05, 3.63) is 64.6 Å². The molecule has 0 saturated carbocycles. The summed E-state index contributed by atoms with van der Waals surface area (Å²) in [6.45, 7) is 1.75. The molecule has 0 saturated heterocycles. The third-order valence-electron chi connectivity index (χ3n) is 3.77. The summed E-state index contributed by atoms with van der Waals surface area (Å²) in [5.74, 6) is -0.425. The summed E-state index contributed by atoms with van der Waals surface area (Å²) in [4.78, 5) is 12.7. The zero-order valence-electron chi connectivity index (χ0n) is 13.2. The molecular formula is C17H16N4O3. The van der Waals surface area contributed by atoms with Crippen LogP contribution in [0.25, 0.3) is 5.69 Å². The molecule has 3 rings (SSSR count). The van der Waals surface area contributed by atoms with Gasteiger partial charge in [0.05, 0.1) is 11.4 Å². The van der Waals surface area contributed by atoms with Gasteiger partial charge in [0.1, 0.15) is 11.5 Å². The quantitative estimate of drug-likeness (QED) is 0.724. The van der Waals surface area contributed by atoms with Gasteiger partial charge in [0.2, 0.25) is 0 Å². The highest BCUT2D eigenvalue weighted by Gasteiger charge is 2.16. The molecule has 2 aromatic carbocycles. The lowest BCUT2D eigenvalue weighted by Gasteiger charge is -2.07. The van der Waals surface area contributed by atoms with Crippen LogP contribution in [0, 0.1) is 6.92 Å². The number of para-hydroxylation sites is 1. The minimum absolute atomic E-state index is 0.0774. The molecule has 0 aliphatic carbocycles. The fraction of sp³-hybridized carbons (Fsp3) is 0.118.